The van der Waals surface area contributed by atoms with E-state index in [1.54, 1.807) is 0 Å². The molecule has 1 aliphatic heterocycles. The van der Waals surface area contributed by atoms with E-state index in [4.69, 9.17) is 0 Å². The molecule has 1 aliphatic carbocycles. The molecule has 0 radical (unpaired) electrons. The van der Waals surface area contributed by atoms with E-state index in [2.05, 4.69) is 17.5 Å². The van der Waals surface area contributed by atoms with Crippen molar-refractivity contribution in [2.45, 2.75) is 37.8 Å². The molecule has 0 bridgehead atoms. The molecule has 0 saturated carbocycles. The molecule has 1 aromatic rings. The normalized spacial score (nSPS) is 23.2. The molecule has 110 valence electrons. The van der Waals surface area contributed by atoms with Crippen LogP contribution in [0.4, 0.5) is 0 Å². The lowest BCUT2D eigenvalue weighted by Crippen LogP contribution is -2.48. The van der Waals surface area contributed by atoms with Crippen LogP contribution in [0.3, 0.4) is 0 Å². The van der Waals surface area contributed by atoms with Crippen LogP contribution in [0.2, 0.25) is 0 Å². The Hall–Kier alpha value is -2.10. The smallest absolute Gasteiger partial charge is 0.245 e. The number of carbonyl (C=O) groups excluding carboxylic acids is 2. The second-order valence-electron chi connectivity index (χ2n) is 5.69. The van der Waals surface area contributed by atoms with Gasteiger partial charge in [0.15, 0.2) is 0 Å². The number of rotatable bonds is 3. The summed E-state index contributed by atoms with van der Waals surface area (Å²) in [5, 5.41) is 2.88. The van der Waals surface area contributed by atoms with Crippen LogP contribution >= 0.6 is 0 Å². The first-order valence-electron chi connectivity index (χ1n) is 7.53. The Morgan fingerprint density at radius 3 is 2.52 bits per heavy atom. The highest BCUT2D eigenvalue weighted by Gasteiger charge is 2.33. The SMILES string of the molecule is O=C1CCN(C2CC=CC2)C(=O)C(Cc2ccccc2)N1. The van der Waals surface area contributed by atoms with E-state index in [0.717, 1.165) is 18.4 Å². The number of carbonyl (C=O) groups is 2. The van der Waals surface area contributed by atoms with Crippen LogP contribution in [0.15, 0.2) is 42.5 Å². The van der Waals surface area contributed by atoms with Gasteiger partial charge in [-0.15, -0.1) is 0 Å². The average Bonchev–Trinajstić information content (AvgIpc) is 2.97. The quantitative estimate of drug-likeness (QED) is 0.858. The highest BCUT2D eigenvalue weighted by atomic mass is 16.2. The zero-order valence-corrected chi connectivity index (χ0v) is 12.0. The van der Waals surface area contributed by atoms with Gasteiger partial charge in [-0.05, 0) is 18.4 Å². The molecule has 1 fully saturated rings. The van der Waals surface area contributed by atoms with Crippen molar-refractivity contribution in [1.82, 2.24) is 10.2 Å². The Balaban J connectivity index is 1.76. The van der Waals surface area contributed by atoms with Gasteiger partial charge in [-0.1, -0.05) is 42.5 Å². The van der Waals surface area contributed by atoms with Gasteiger partial charge < -0.3 is 10.2 Å². The third-order valence-electron chi connectivity index (χ3n) is 4.20. The number of amides is 2. The van der Waals surface area contributed by atoms with Crippen molar-refractivity contribution < 1.29 is 9.59 Å². The van der Waals surface area contributed by atoms with E-state index >= 15 is 0 Å². The fourth-order valence-electron chi connectivity index (χ4n) is 3.07. The molecule has 1 aromatic carbocycles. The molecule has 0 aromatic heterocycles. The van der Waals surface area contributed by atoms with Crippen molar-refractivity contribution >= 4 is 11.8 Å². The summed E-state index contributed by atoms with van der Waals surface area (Å²) in [5.41, 5.74) is 1.07. The van der Waals surface area contributed by atoms with Crippen LogP contribution in [-0.4, -0.2) is 35.3 Å². The minimum atomic E-state index is -0.442. The van der Waals surface area contributed by atoms with Gasteiger partial charge in [-0.3, -0.25) is 9.59 Å². The Morgan fingerprint density at radius 1 is 1.10 bits per heavy atom. The summed E-state index contributed by atoms with van der Waals surface area (Å²) in [4.78, 5) is 26.5. The van der Waals surface area contributed by atoms with Crippen molar-refractivity contribution in [3.05, 3.63) is 48.0 Å². The summed E-state index contributed by atoms with van der Waals surface area (Å²) < 4.78 is 0. The van der Waals surface area contributed by atoms with Gasteiger partial charge in [0.1, 0.15) is 6.04 Å². The number of benzene rings is 1. The molecule has 4 nitrogen and oxygen atoms in total. The highest BCUT2D eigenvalue weighted by molar-refractivity contribution is 5.90. The van der Waals surface area contributed by atoms with Crippen LogP contribution in [0.1, 0.15) is 24.8 Å². The van der Waals surface area contributed by atoms with Crippen molar-refractivity contribution in [2.24, 2.45) is 0 Å². The highest BCUT2D eigenvalue weighted by Crippen LogP contribution is 2.20. The first-order chi connectivity index (χ1) is 10.2. The molecule has 2 aliphatic rings. The second-order valence-corrected chi connectivity index (χ2v) is 5.69. The largest absolute Gasteiger partial charge is 0.344 e. The predicted molar refractivity (Wildman–Crippen MR) is 80.6 cm³/mol. The van der Waals surface area contributed by atoms with Gasteiger partial charge in [-0.2, -0.15) is 0 Å². The third-order valence-corrected chi connectivity index (χ3v) is 4.20. The summed E-state index contributed by atoms with van der Waals surface area (Å²) in [7, 11) is 0. The van der Waals surface area contributed by atoms with Crippen LogP contribution in [0, 0.1) is 0 Å². The Kier molecular flexibility index (Phi) is 4.04. The number of hydrogen-bond acceptors (Lipinski definition) is 2. The van der Waals surface area contributed by atoms with Crippen molar-refractivity contribution in [2.75, 3.05) is 6.54 Å². The van der Waals surface area contributed by atoms with Crippen molar-refractivity contribution in [3.8, 4) is 0 Å². The Labute approximate surface area is 124 Å². The van der Waals surface area contributed by atoms with Crippen LogP contribution < -0.4 is 5.32 Å². The average molecular weight is 284 g/mol. The zero-order valence-electron chi connectivity index (χ0n) is 12.0. The molecule has 1 atom stereocenters. The van der Waals surface area contributed by atoms with E-state index in [-0.39, 0.29) is 17.9 Å². The van der Waals surface area contributed by atoms with Crippen LogP contribution in [0.5, 0.6) is 0 Å². The lowest BCUT2D eigenvalue weighted by molar-refractivity contribution is -0.135. The second kappa shape index (κ2) is 6.12. The maximum Gasteiger partial charge on any atom is 0.245 e. The van der Waals surface area contributed by atoms with Gasteiger partial charge in [0.2, 0.25) is 11.8 Å². The van der Waals surface area contributed by atoms with Crippen LogP contribution in [0.25, 0.3) is 0 Å². The lowest BCUT2D eigenvalue weighted by Gasteiger charge is -2.29. The minimum Gasteiger partial charge on any atom is -0.344 e. The van der Waals surface area contributed by atoms with Gasteiger partial charge in [0.25, 0.3) is 0 Å². The fraction of sp³-hybridized carbons (Fsp3) is 0.412. The van der Waals surface area contributed by atoms with Gasteiger partial charge >= 0.3 is 0 Å². The maximum absolute atomic E-state index is 12.8. The Bertz CT molecular complexity index is 545. The van der Waals surface area contributed by atoms with E-state index in [0.29, 0.717) is 19.4 Å². The third kappa shape index (κ3) is 3.15. The number of hydrogen-bond donors (Lipinski definition) is 1. The maximum atomic E-state index is 12.8. The summed E-state index contributed by atoms with van der Waals surface area (Å²) >= 11 is 0. The predicted octanol–water partition coefficient (Wildman–Crippen LogP) is 1.66. The molecule has 1 heterocycles. The molecule has 1 unspecified atom stereocenters. The van der Waals surface area contributed by atoms with E-state index in [9.17, 15) is 9.59 Å². The summed E-state index contributed by atoms with van der Waals surface area (Å²) in [6.07, 6.45) is 6.99. The first kappa shape index (κ1) is 13.9. The summed E-state index contributed by atoms with van der Waals surface area (Å²) in [6, 6.07) is 9.63. The standard InChI is InChI=1S/C17H20N2O2/c20-16-10-11-19(14-8-4-5-9-14)17(21)15(18-16)12-13-6-2-1-3-7-13/h1-7,14-15H,8-12H2,(H,18,20). The summed E-state index contributed by atoms with van der Waals surface area (Å²) in [5.74, 6) is 0.0242. The number of nitrogens with one attached hydrogen (secondary N) is 1. The molecule has 2 amide bonds. The zero-order chi connectivity index (χ0) is 14.7. The van der Waals surface area contributed by atoms with E-state index in [1.807, 2.05) is 35.2 Å². The molecule has 1 N–H and O–H groups in total. The van der Waals surface area contributed by atoms with Crippen molar-refractivity contribution in [1.29, 1.82) is 0 Å². The molecule has 0 spiro atoms. The lowest BCUT2D eigenvalue weighted by atomic mass is 10.0. The van der Waals surface area contributed by atoms with E-state index in [1.165, 1.54) is 0 Å². The molecular formula is C17H20N2O2. The Morgan fingerprint density at radius 2 is 1.81 bits per heavy atom. The molecule has 4 heteroatoms. The molecule has 3 rings (SSSR count). The monoisotopic (exact) mass is 284 g/mol. The van der Waals surface area contributed by atoms with Crippen molar-refractivity contribution in [3.63, 3.8) is 0 Å². The fourth-order valence-corrected chi connectivity index (χ4v) is 3.07. The van der Waals surface area contributed by atoms with Crippen LogP contribution in [-0.2, 0) is 16.0 Å². The molecule has 21 heavy (non-hydrogen) atoms. The molecule has 1 saturated heterocycles. The molecular weight excluding hydrogens is 264 g/mol. The van der Waals surface area contributed by atoms with Gasteiger partial charge in [-0.25, -0.2) is 0 Å². The van der Waals surface area contributed by atoms with E-state index < -0.39 is 6.04 Å². The first-order valence-corrected chi connectivity index (χ1v) is 7.53. The minimum absolute atomic E-state index is 0.0299. The number of nitrogens with zero attached hydrogens (tertiary/aromatic N) is 1. The van der Waals surface area contributed by atoms with Gasteiger partial charge in [0, 0.05) is 25.4 Å². The van der Waals surface area contributed by atoms with Gasteiger partial charge in [0.05, 0.1) is 0 Å². The topological polar surface area (TPSA) is 49.4 Å². The summed E-state index contributed by atoms with van der Waals surface area (Å²) in [6.45, 7) is 0.530.